The van der Waals surface area contributed by atoms with Gasteiger partial charge >= 0.3 is 0 Å². The van der Waals surface area contributed by atoms with E-state index in [9.17, 15) is 0 Å². The molecule has 2 aromatic heterocycles. The maximum absolute atomic E-state index is 4.58. The highest BCUT2D eigenvalue weighted by atomic mass is 32.1. The quantitative estimate of drug-likeness (QED) is 0.789. The Hall–Kier alpha value is -2.01. The molecule has 0 aliphatic rings. The molecule has 1 aromatic carbocycles. The van der Waals surface area contributed by atoms with Gasteiger partial charge in [0.05, 0.1) is 5.69 Å². The molecule has 0 atom stereocenters. The molecule has 0 radical (unpaired) electrons. The van der Waals surface area contributed by atoms with E-state index in [4.69, 9.17) is 0 Å². The largest absolute Gasteiger partial charge is 0.257 e. The first-order valence-corrected chi connectivity index (χ1v) is 7.03. The molecule has 0 unspecified atom stereocenters. The molecule has 0 bridgehead atoms. The molecule has 0 aliphatic heterocycles. The highest BCUT2D eigenvalue weighted by molar-refractivity contribution is 7.13. The van der Waals surface area contributed by atoms with E-state index in [2.05, 4.69) is 58.3 Å². The lowest BCUT2D eigenvalue weighted by molar-refractivity contribution is 0.867. The van der Waals surface area contributed by atoms with Crippen molar-refractivity contribution in [2.24, 2.45) is 0 Å². The molecular formula is C14H14N4S. The number of hydrogen-bond donors (Lipinski definition) is 1. The van der Waals surface area contributed by atoms with E-state index in [-0.39, 0.29) is 0 Å². The maximum atomic E-state index is 4.58. The van der Waals surface area contributed by atoms with Crippen LogP contribution in [0.4, 0.5) is 0 Å². The van der Waals surface area contributed by atoms with Crippen LogP contribution in [0.2, 0.25) is 0 Å². The third kappa shape index (κ3) is 2.42. The molecule has 5 heteroatoms. The van der Waals surface area contributed by atoms with Crippen LogP contribution in [0.15, 0.2) is 36.0 Å². The van der Waals surface area contributed by atoms with Gasteiger partial charge in [-0.05, 0) is 11.5 Å². The van der Waals surface area contributed by atoms with E-state index < -0.39 is 0 Å². The summed E-state index contributed by atoms with van der Waals surface area (Å²) in [6.45, 7) is 4.39. The smallest absolute Gasteiger partial charge is 0.184 e. The Morgan fingerprint density at radius 2 is 1.95 bits per heavy atom. The highest BCUT2D eigenvalue weighted by Gasteiger charge is 2.09. The number of benzene rings is 1. The van der Waals surface area contributed by atoms with Gasteiger partial charge in [-0.25, -0.2) is 9.97 Å². The number of nitrogens with one attached hydrogen (secondary N) is 1. The zero-order valence-electron chi connectivity index (χ0n) is 10.8. The van der Waals surface area contributed by atoms with Crippen molar-refractivity contribution < 1.29 is 0 Å². The average molecular weight is 270 g/mol. The van der Waals surface area contributed by atoms with E-state index in [0.717, 1.165) is 22.1 Å². The van der Waals surface area contributed by atoms with Crippen molar-refractivity contribution in [1.82, 2.24) is 20.2 Å². The minimum atomic E-state index is 0.550. The molecule has 4 nitrogen and oxygen atoms in total. The Labute approximate surface area is 115 Å². The van der Waals surface area contributed by atoms with Crippen molar-refractivity contribution in [3.05, 3.63) is 41.5 Å². The van der Waals surface area contributed by atoms with Crippen molar-refractivity contribution in [1.29, 1.82) is 0 Å². The predicted molar refractivity (Wildman–Crippen MR) is 77.0 cm³/mol. The predicted octanol–water partition coefficient (Wildman–Crippen LogP) is 3.72. The van der Waals surface area contributed by atoms with Gasteiger partial charge in [0.1, 0.15) is 6.33 Å². The van der Waals surface area contributed by atoms with Gasteiger partial charge in [0.25, 0.3) is 0 Å². The number of aromatic nitrogens is 4. The molecule has 0 spiro atoms. The summed E-state index contributed by atoms with van der Waals surface area (Å²) in [5.74, 6) is 1.27. The molecule has 3 rings (SSSR count). The van der Waals surface area contributed by atoms with Crippen molar-refractivity contribution in [3.63, 3.8) is 0 Å². The van der Waals surface area contributed by atoms with Crippen LogP contribution in [0.1, 0.15) is 25.3 Å². The molecule has 0 fully saturated rings. The first kappa shape index (κ1) is 12.0. The summed E-state index contributed by atoms with van der Waals surface area (Å²) in [7, 11) is 0. The Kier molecular flexibility index (Phi) is 3.13. The fourth-order valence-corrected chi connectivity index (χ4v) is 2.64. The summed E-state index contributed by atoms with van der Waals surface area (Å²) in [5, 5.41) is 9.58. The topological polar surface area (TPSA) is 54.5 Å². The second-order valence-electron chi connectivity index (χ2n) is 4.65. The molecule has 19 heavy (non-hydrogen) atoms. The van der Waals surface area contributed by atoms with Crippen molar-refractivity contribution in [2.45, 2.75) is 19.8 Å². The second kappa shape index (κ2) is 4.93. The van der Waals surface area contributed by atoms with Crippen LogP contribution < -0.4 is 0 Å². The number of nitrogens with zero attached hydrogens (tertiary/aromatic N) is 3. The monoisotopic (exact) mass is 270 g/mol. The first-order valence-electron chi connectivity index (χ1n) is 6.15. The number of H-pyrrole nitrogens is 1. The fraction of sp³-hybridized carbons (Fsp3) is 0.214. The van der Waals surface area contributed by atoms with E-state index in [1.165, 1.54) is 11.9 Å². The van der Waals surface area contributed by atoms with E-state index in [1.54, 1.807) is 11.3 Å². The molecular weight excluding hydrogens is 256 g/mol. The summed E-state index contributed by atoms with van der Waals surface area (Å²) in [4.78, 5) is 8.69. The van der Waals surface area contributed by atoms with Gasteiger partial charge in [0.15, 0.2) is 10.8 Å². The molecule has 0 aliphatic carbocycles. The van der Waals surface area contributed by atoms with Crippen molar-refractivity contribution in [3.8, 4) is 22.1 Å². The summed E-state index contributed by atoms with van der Waals surface area (Å²) in [6, 6.07) is 8.56. The molecule has 0 saturated carbocycles. The van der Waals surface area contributed by atoms with Crippen LogP contribution in [-0.4, -0.2) is 20.2 Å². The Balaban J connectivity index is 1.90. The number of rotatable bonds is 3. The third-order valence-electron chi connectivity index (χ3n) is 2.99. The summed E-state index contributed by atoms with van der Waals surface area (Å²) >= 11 is 1.57. The Bertz CT molecular complexity index is 653. The normalized spacial score (nSPS) is 11.1. The van der Waals surface area contributed by atoms with Gasteiger partial charge < -0.3 is 0 Å². The van der Waals surface area contributed by atoms with Crippen LogP contribution in [0, 0.1) is 0 Å². The molecule has 0 saturated heterocycles. The number of aromatic amines is 1. The van der Waals surface area contributed by atoms with Crippen LogP contribution in [-0.2, 0) is 0 Å². The fourth-order valence-electron chi connectivity index (χ4n) is 1.86. The number of thiazole rings is 1. The minimum Gasteiger partial charge on any atom is -0.257 e. The van der Waals surface area contributed by atoms with Gasteiger partial charge in [-0.3, -0.25) is 5.10 Å². The van der Waals surface area contributed by atoms with Gasteiger partial charge in [-0.1, -0.05) is 38.1 Å². The first-order chi connectivity index (χ1) is 9.24. The van der Waals surface area contributed by atoms with Crippen LogP contribution in [0.25, 0.3) is 22.1 Å². The molecule has 3 aromatic rings. The lowest BCUT2D eigenvalue weighted by Gasteiger charge is -2.05. The maximum Gasteiger partial charge on any atom is 0.184 e. The number of hydrogen-bond acceptors (Lipinski definition) is 4. The van der Waals surface area contributed by atoms with Crippen LogP contribution in [0.5, 0.6) is 0 Å². The molecule has 0 amide bonds. The van der Waals surface area contributed by atoms with Gasteiger partial charge in [0, 0.05) is 10.9 Å². The summed E-state index contributed by atoms with van der Waals surface area (Å²) in [6.07, 6.45) is 1.49. The lowest BCUT2D eigenvalue weighted by Crippen LogP contribution is -1.87. The van der Waals surface area contributed by atoms with Gasteiger partial charge in [-0.15, -0.1) is 11.3 Å². The average Bonchev–Trinajstić information content (AvgIpc) is 3.10. The molecule has 2 heterocycles. The summed E-state index contributed by atoms with van der Waals surface area (Å²) in [5.41, 5.74) is 3.45. The molecule has 96 valence electrons. The summed E-state index contributed by atoms with van der Waals surface area (Å²) < 4.78 is 0. The van der Waals surface area contributed by atoms with Gasteiger partial charge in [-0.2, -0.15) is 5.10 Å². The Morgan fingerprint density at radius 3 is 2.58 bits per heavy atom. The Morgan fingerprint density at radius 1 is 1.16 bits per heavy atom. The molecule has 1 N–H and O–H groups in total. The zero-order chi connectivity index (χ0) is 13.2. The minimum absolute atomic E-state index is 0.550. The van der Waals surface area contributed by atoms with E-state index >= 15 is 0 Å². The standard InChI is InChI=1S/C14H14N4S/c1-9(2)10-3-5-11(6-4-10)12-7-19-14(17-12)13-15-8-16-18-13/h3-9H,1-2H3,(H,15,16,18). The van der Waals surface area contributed by atoms with E-state index in [0.29, 0.717) is 5.92 Å². The van der Waals surface area contributed by atoms with Crippen molar-refractivity contribution >= 4 is 11.3 Å². The van der Waals surface area contributed by atoms with Crippen molar-refractivity contribution in [2.75, 3.05) is 0 Å². The lowest BCUT2D eigenvalue weighted by atomic mass is 10.0. The highest BCUT2D eigenvalue weighted by Crippen LogP contribution is 2.27. The van der Waals surface area contributed by atoms with Gasteiger partial charge in [0.2, 0.25) is 0 Å². The second-order valence-corrected chi connectivity index (χ2v) is 5.51. The zero-order valence-corrected chi connectivity index (χ0v) is 11.6. The SMILES string of the molecule is CC(C)c1ccc(-c2csc(-c3ncn[nH]3)n2)cc1. The van der Waals surface area contributed by atoms with Crippen LogP contribution in [0.3, 0.4) is 0 Å². The third-order valence-corrected chi connectivity index (χ3v) is 3.84. The van der Waals surface area contributed by atoms with Crippen LogP contribution >= 0.6 is 11.3 Å². The van der Waals surface area contributed by atoms with E-state index in [1.807, 2.05) is 5.38 Å².